The van der Waals surface area contributed by atoms with Crippen LogP contribution in [0.2, 0.25) is 0 Å². The van der Waals surface area contributed by atoms with Crippen LogP contribution in [-0.2, 0) is 0 Å². The van der Waals surface area contributed by atoms with Gasteiger partial charge in [0.05, 0.1) is 12.1 Å². The molecule has 2 heterocycles. The average Bonchev–Trinajstić information content (AvgIpc) is 2.38. The summed E-state index contributed by atoms with van der Waals surface area (Å²) in [4.78, 5) is 2.35. The van der Waals surface area contributed by atoms with Crippen LogP contribution in [0.3, 0.4) is 0 Å². The van der Waals surface area contributed by atoms with E-state index in [1.807, 2.05) is 0 Å². The van der Waals surface area contributed by atoms with Crippen molar-refractivity contribution >= 4 is 0 Å². The van der Waals surface area contributed by atoms with Crippen LogP contribution in [0.25, 0.3) is 0 Å². The second-order valence-corrected chi connectivity index (χ2v) is 2.91. The van der Waals surface area contributed by atoms with Gasteiger partial charge in [0.2, 0.25) is 0 Å². The zero-order valence-corrected chi connectivity index (χ0v) is 4.93. The van der Waals surface area contributed by atoms with Crippen molar-refractivity contribution in [2.75, 3.05) is 19.7 Å². The van der Waals surface area contributed by atoms with Gasteiger partial charge >= 0.3 is 0 Å². The van der Waals surface area contributed by atoms with Gasteiger partial charge in [-0.1, -0.05) is 0 Å². The molecular weight excluding hydrogens is 102 g/mol. The number of piperidine rings is 1. The molecule has 1 N–H and O–H groups in total. The first-order chi connectivity index (χ1) is 3.87. The summed E-state index contributed by atoms with van der Waals surface area (Å²) in [5, 5.41) is 8.83. The maximum absolute atomic E-state index is 8.83. The van der Waals surface area contributed by atoms with E-state index in [9.17, 15) is 0 Å². The predicted octanol–water partition coefficient (Wildman–Crippen LogP) is -0.173. The lowest BCUT2D eigenvalue weighted by Gasteiger charge is -2.01. The summed E-state index contributed by atoms with van der Waals surface area (Å²) in [5.41, 5.74) is 0.292. The molecular formula is C6H11NO. The number of fused-ring (bicyclic) bond motifs is 1. The predicted molar refractivity (Wildman–Crippen MR) is 30.6 cm³/mol. The fraction of sp³-hybridized carbons (Fsp3) is 1.00. The van der Waals surface area contributed by atoms with Crippen molar-refractivity contribution in [3.8, 4) is 0 Å². The van der Waals surface area contributed by atoms with Crippen LogP contribution in [0.4, 0.5) is 0 Å². The van der Waals surface area contributed by atoms with Crippen molar-refractivity contribution in [1.82, 2.24) is 4.90 Å². The molecule has 0 aromatic heterocycles. The molecule has 46 valence electrons. The molecule has 1 unspecified atom stereocenters. The van der Waals surface area contributed by atoms with Crippen LogP contribution in [0, 0.1) is 0 Å². The summed E-state index contributed by atoms with van der Waals surface area (Å²) in [6.07, 6.45) is 2.52. The molecule has 0 aromatic carbocycles. The molecule has 2 aliphatic rings. The molecule has 0 aromatic rings. The highest BCUT2D eigenvalue weighted by Gasteiger charge is 2.54. The van der Waals surface area contributed by atoms with Gasteiger partial charge in [0.25, 0.3) is 0 Å². The van der Waals surface area contributed by atoms with E-state index in [0.29, 0.717) is 12.1 Å². The molecule has 0 amide bonds. The van der Waals surface area contributed by atoms with Crippen molar-refractivity contribution in [3.63, 3.8) is 0 Å². The van der Waals surface area contributed by atoms with Crippen LogP contribution >= 0.6 is 0 Å². The molecule has 2 atom stereocenters. The van der Waals surface area contributed by atoms with E-state index >= 15 is 0 Å². The number of aliphatic hydroxyl groups excluding tert-OH is 1. The van der Waals surface area contributed by atoms with E-state index in [2.05, 4.69) is 4.90 Å². The first-order valence-electron chi connectivity index (χ1n) is 3.23. The number of nitrogens with zero attached hydrogens (tertiary/aromatic N) is 1. The van der Waals surface area contributed by atoms with E-state index in [-0.39, 0.29) is 0 Å². The Bertz CT molecular complexity index is 111. The minimum Gasteiger partial charge on any atom is -0.394 e. The molecule has 2 nitrogen and oxygen atoms in total. The minimum atomic E-state index is 0.292. The maximum atomic E-state index is 8.83. The summed E-state index contributed by atoms with van der Waals surface area (Å²) in [7, 11) is 0. The Kier molecular flexibility index (Phi) is 0.746. The number of aliphatic hydroxyl groups is 1. The van der Waals surface area contributed by atoms with Gasteiger partial charge in [-0.3, -0.25) is 4.90 Å². The molecule has 0 saturated carbocycles. The first-order valence-corrected chi connectivity index (χ1v) is 3.23. The summed E-state index contributed by atoms with van der Waals surface area (Å²) >= 11 is 0. The third-order valence-electron chi connectivity index (χ3n) is 2.42. The minimum absolute atomic E-state index is 0.292. The molecule has 2 heteroatoms. The van der Waals surface area contributed by atoms with Crippen molar-refractivity contribution in [3.05, 3.63) is 0 Å². The lowest BCUT2D eigenvalue weighted by molar-refractivity contribution is 0.232. The third kappa shape index (κ3) is 0.400. The summed E-state index contributed by atoms with van der Waals surface area (Å²) in [6.45, 7) is 2.76. The Hall–Kier alpha value is -0.0800. The fourth-order valence-electron chi connectivity index (χ4n) is 1.70. The number of hydrogen-bond acceptors (Lipinski definition) is 2. The fourth-order valence-corrected chi connectivity index (χ4v) is 1.70. The monoisotopic (exact) mass is 113 g/mol. The van der Waals surface area contributed by atoms with Crippen LogP contribution < -0.4 is 0 Å². The summed E-state index contributed by atoms with van der Waals surface area (Å²) in [5.74, 6) is 0. The zero-order valence-electron chi connectivity index (χ0n) is 4.93. The van der Waals surface area contributed by atoms with Gasteiger partial charge in [-0.2, -0.15) is 0 Å². The van der Waals surface area contributed by atoms with Crippen LogP contribution in [0.5, 0.6) is 0 Å². The van der Waals surface area contributed by atoms with E-state index in [1.165, 1.54) is 19.4 Å². The van der Waals surface area contributed by atoms with Crippen molar-refractivity contribution < 1.29 is 5.11 Å². The smallest absolute Gasteiger partial charge is 0.0628 e. The van der Waals surface area contributed by atoms with E-state index < -0.39 is 0 Å². The molecule has 2 rings (SSSR count). The highest BCUT2D eigenvalue weighted by Crippen LogP contribution is 2.41. The Morgan fingerprint density at radius 2 is 2.50 bits per heavy atom. The number of rotatable bonds is 1. The van der Waals surface area contributed by atoms with Gasteiger partial charge in [0, 0.05) is 6.54 Å². The van der Waals surface area contributed by atoms with Gasteiger partial charge in [-0.25, -0.2) is 0 Å². The van der Waals surface area contributed by atoms with Gasteiger partial charge in [-0.15, -0.1) is 0 Å². The molecule has 2 saturated heterocycles. The first kappa shape index (κ1) is 4.77. The van der Waals surface area contributed by atoms with Gasteiger partial charge in [0.1, 0.15) is 0 Å². The van der Waals surface area contributed by atoms with Crippen LogP contribution in [0.1, 0.15) is 12.8 Å². The summed E-state index contributed by atoms with van der Waals surface area (Å²) in [6, 6.07) is 0. The molecule has 2 aliphatic heterocycles. The Morgan fingerprint density at radius 3 is 2.75 bits per heavy atom. The van der Waals surface area contributed by atoms with E-state index in [0.717, 1.165) is 6.54 Å². The van der Waals surface area contributed by atoms with E-state index in [4.69, 9.17) is 5.11 Å². The molecule has 0 spiro atoms. The van der Waals surface area contributed by atoms with Crippen LogP contribution in [-0.4, -0.2) is 35.2 Å². The number of hydrogen-bond donors (Lipinski definition) is 1. The SMILES string of the molecule is OC[C@]12CCCN1C2. The Balaban J connectivity index is 2.08. The summed E-state index contributed by atoms with van der Waals surface area (Å²) < 4.78 is 0. The van der Waals surface area contributed by atoms with Crippen LogP contribution in [0.15, 0.2) is 0 Å². The topological polar surface area (TPSA) is 23.2 Å². The Labute approximate surface area is 49.1 Å². The quantitative estimate of drug-likeness (QED) is 0.477. The highest BCUT2D eigenvalue weighted by atomic mass is 16.3. The van der Waals surface area contributed by atoms with Crippen molar-refractivity contribution in [2.45, 2.75) is 18.4 Å². The molecule has 0 bridgehead atoms. The normalized spacial score (nSPS) is 51.4. The van der Waals surface area contributed by atoms with Gasteiger partial charge in [0.15, 0.2) is 0 Å². The maximum Gasteiger partial charge on any atom is 0.0628 e. The largest absolute Gasteiger partial charge is 0.394 e. The molecule has 0 radical (unpaired) electrons. The zero-order chi connectivity index (χ0) is 5.61. The van der Waals surface area contributed by atoms with Crippen molar-refractivity contribution in [1.29, 1.82) is 0 Å². The second kappa shape index (κ2) is 1.25. The van der Waals surface area contributed by atoms with Crippen molar-refractivity contribution in [2.24, 2.45) is 0 Å². The highest BCUT2D eigenvalue weighted by molar-refractivity contribution is 5.10. The van der Waals surface area contributed by atoms with Gasteiger partial charge < -0.3 is 5.11 Å². The van der Waals surface area contributed by atoms with Gasteiger partial charge in [-0.05, 0) is 19.4 Å². The second-order valence-electron chi connectivity index (χ2n) is 2.91. The Morgan fingerprint density at radius 1 is 1.62 bits per heavy atom. The average molecular weight is 113 g/mol. The lowest BCUT2D eigenvalue weighted by Crippen LogP contribution is -2.16. The lowest BCUT2D eigenvalue weighted by atomic mass is 10.1. The molecule has 8 heavy (non-hydrogen) atoms. The van der Waals surface area contributed by atoms with E-state index in [1.54, 1.807) is 0 Å². The standard InChI is InChI=1S/C6H11NO/c8-5-6-2-1-3-7(6)4-6/h8H,1-5H2/t6-,7?/m1/s1. The molecule has 2 fully saturated rings. The molecule has 0 aliphatic carbocycles. The third-order valence-corrected chi connectivity index (χ3v) is 2.42.